The smallest absolute Gasteiger partial charge is 0.204 e. The van der Waals surface area contributed by atoms with E-state index >= 15 is 0 Å². The topological polar surface area (TPSA) is 56.0 Å². The molecule has 47 valence electrons. The van der Waals surface area contributed by atoms with Crippen molar-refractivity contribution >= 4 is 6.29 Å². The summed E-state index contributed by atoms with van der Waals surface area (Å²) in [5.74, 6) is 0.582. The van der Waals surface area contributed by atoms with Gasteiger partial charge in [0.05, 0.1) is 6.42 Å². The lowest BCUT2D eigenvalue weighted by Crippen LogP contribution is -1.87. The van der Waals surface area contributed by atoms with E-state index in [-0.39, 0.29) is 6.42 Å². The van der Waals surface area contributed by atoms with E-state index in [9.17, 15) is 4.79 Å². The van der Waals surface area contributed by atoms with E-state index < -0.39 is 0 Å². The molecule has 0 unspecified atom stereocenters. The lowest BCUT2D eigenvalue weighted by molar-refractivity contribution is 0.373. The van der Waals surface area contributed by atoms with Crippen molar-refractivity contribution in [1.29, 1.82) is 0 Å². The molecule has 0 aliphatic carbocycles. The van der Waals surface area contributed by atoms with Gasteiger partial charge < -0.3 is 4.52 Å². The van der Waals surface area contributed by atoms with Crippen LogP contribution in [0.5, 0.6) is 0 Å². The first-order valence-electron chi connectivity index (χ1n) is 2.47. The Balaban J connectivity index is 2.80. The second kappa shape index (κ2) is 2.39. The molecule has 4 nitrogen and oxygen atoms in total. The Morgan fingerprint density at radius 2 is 2.56 bits per heavy atom. The molecule has 1 heterocycles. The number of aromatic nitrogens is 2. The summed E-state index contributed by atoms with van der Waals surface area (Å²) in [6, 6.07) is 0. The standard InChI is InChI=1S/C5H5N2O2/c1-4-5(2-3-8)6-7-9-4/h2H2,1H3. The lowest BCUT2D eigenvalue weighted by Gasteiger charge is -1.79. The zero-order chi connectivity index (χ0) is 6.69. The fourth-order valence-electron chi connectivity index (χ4n) is 0.482. The molecule has 0 aromatic carbocycles. The number of hydrogen-bond acceptors (Lipinski definition) is 4. The molecular weight excluding hydrogens is 120 g/mol. The van der Waals surface area contributed by atoms with E-state index in [1.165, 1.54) is 0 Å². The van der Waals surface area contributed by atoms with Gasteiger partial charge in [0, 0.05) is 5.27 Å². The van der Waals surface area contributed by atoms with Gasteiger partial charge in [-0.3, -0.25) is 4.79 Å². The van der Waals surface area contributed by atoms with Gasteiger partial charge in [-0.15, -0.1) is 5.10 Å². The Kier molecular flexibility index (Phi) is 1.58. The largest absolute Gasteiger partial charge is 0.342 e. The summed E-state index contributed by atoms with van der Waals surface area (Å²) >= 11 is 0. The van der Waals surface area contributed by atoms with E-state index in [0.717, 1.165) is 0 Å². The molecule has 0 bridgehead atoms. The van der Waals surface area contributed by atoms with Gasteiger partial charge in [-0.2, -0.15) is 0 Å². The molecule has 0 fully saturated rings. The number of aryl methyl sites for hydroxylation is 1. The van der Waals surface area contributed by atoms with Crippen LogP contribution in [-0.4, -0.2) is 16.7 Å². The van der Waals surface area contributed by atoms with Gasteiger partial charge in [-0.05, 0) is 6.92 Å². The Hall–Kier alpha value is -1.19. The van der Waals surface area contributed by atoms with Crippen LogP contribution in [0.1, 0.15) is 11.5 Å². The molecule has 0 N–H and O–H groups in total. The SMILES string of the molecule is Cc1onnc1C[C]=O. The van der Waals surface area contributed by atoms with Gasteiger partial charge in [-0.25, -0.2) is 0 Å². The van der Waals surface area contributed by atoms with Crippen molar-refractivity contribution in [3.63, 3.8) is 0 Å². The maximum Gasteiger partial charge on any atom is 0.204 e. The van der Waals surface area contributed by atoms with Crippen LogP contribution in [0, 0.1) is 6.92 Å². The Bertz CT molecular complexity index is 206. The minimum atomic E-state index is 0.162. The summed E-state index contributed by atoms with van der Waals surface area (Å²) in [6.45, 7) is 1.70. The summed E-state index contributed by atoms with van der Waals surface area (Å²) in [5, 5.41) is 6.76. The molecule has 0 saturated carbocycles. The molecule has 1 aromatic heterocycles. The number of nitrogens with zero attached hydrogens (tertiary/aromatic N) is 2. The van der Waals surface area contributed by atoms with E-state index in [1.54, 1.807) is 13.2 Å². The predicted octanol–water partition coefficient (Wildman–Crippen LogP) is 0.0302. The van der Waals surface area contributed by atoms with Crippen molar-refractivity contribution in [2.75, 3.05) is 0 Å². The fourth-order valence-corrected chi connectivity index (χ4v) is 0.482. The number of rotatable bonds is 2. The zero-order valence-corrected chi connectivity index (χ0v) is 4.92. The number of hydrogen-bond donors (Lipinski definition) is 0. The zero-order valence-electron chi connectivity index (χ0n) is 4.92. The van der Waals surface area contributed by atoms with E-state index in [1.807, 2.05) is 0 Å². The normalized spacial score (nSPS) is 9.44. The minimum absolute atomic E-state index is 0.162. The summed E-state index contributed by atoms with van der Waals surface area (Å²) in [4.78, 5) is 9.79. The van der Waals surface area contributed by atoms with Crippen LogP contribution >= 0.6 is 0 Å². The van der Waals surface area contributed by atoms with Crippen molar-refractivity contribution in [1.82, 2.24) is 10.4 Å². The third-order valence-corrected chi connectivity index (χ3v) is 0.985. The van der Waals surface area contributed by atoms with Gasteiger partial charge in [0.1, 0.15) is 5.69 Å². The third-order valence-electron chi connectivity index (χ3n) is 0.985. The summed E-state index contributed by atoms with van der Waals surface area (Å²) in [6.07, 6.45) is 1.86. The molecule has 0 saturated heterocycles. The van der Waals surface area contributed by atoms with Gasteiger partial charge in [0.25, 0.3) is 0 Å². The average Bonchev–Trinajstić information content (AvgIpc) is 2.18. The first-order valence-corrected chi connectivity index (χ1v) is 2.47. The van der Waals surface area contributed by atoms with Crippen molar-refractivity contribution in [2.24, 2.45) is 0 Å². The maximum absolute atomic E-state index is 9.79. The Labute approximate surface area is 51.8 Å². The molecule has 1 rings (SSSR count). The van der Waals surface area contributed by atoms with Crippen molar-refractivity contribution in [2.45, 2.75) is 13.3 Å². The second-order valence-electron chi connectivity index (χ2n) is 1.60. The summed E-state index contributed by atoms with van der Waals surface area (Å²) in [5.41, 5.74) is 0.560. The molecule has 4 heteroatoms. The predicted molar refractivity (Wildman–Crippen MR) is 28.4 cm³/mol. The van der Waals surface area contributed by atoms with Crippen LogP contribution in [0.3, 0.4) is 0 Å². The van der Waals surface area contributed by atoms with E-state index in [4.69, 9.17) is 0 Å². The minimum Gasteiger partial charge on any atom is -0.342 e. The van der Waals surface area contributed by atoms with Crippen LogP contribution in [0.25, 0.3) is 0 Å². The molecule has 0 spiro atoms. The van der Waals surface area contributed by atoms with Crippen LogP contribution in [0.15, 0.2) is 4.52 Å². The second-order valence-corrected chi connectivity index (χ2v) is 1.60. The summed E-state index contributed by atoms with van der Waals surface area (Å²) < 4.78 is 4.58. The quantitative estimate of drug-likeness (QED) is 0.559. The fraction of sp³-hybridized carbons (Fsp3) is 0.400. The maximum atomic E-state index is 9.79. The van der Waals surface area contributed by atoms with Crippen LogP contribution in [0.4, 0.5) is 0 Å². The summed E-state index contributed by atoms with van der Waals surface area (Å²) in [7, 11) is 0. The molecule has 0 atom stereocenters. The molecular formula is C5H5N2O2. The van der Waals surface area contributed by atoms with E-state index in [2.05, 4.69) is 14.9 Å². The highest BCUT2D eigenvalue weighted by Crippen LogP contribution is 1.99. The number of carbonyl (C=O) groups excluding carboxylic acids is 1. The Morgan fingerprint density at radius 1 is 1.78 bits per heavy atom. The molecule has 0 aliphatic rings. The average molecular weight is 125 g/mol. The first kappa shape index (κ1) is 5.94. The van der Waals surface area contributed by atoms with Gasteiger partial charge in [0.2, 0.25) is 6.29 Å². The molecule has 1 aromatic rings. The van der Waals surface area contributed by atoms with Crippen molar-refractivity contribution < 1.29 is 9.32 Å². The van der Waals surface area contributed by atoms with Crippen molar-refractivity contribution in [3.8, 4) is 0 Å². The third kappa shape index (κ3) is 1.13. The van der Waals surface area contributed by atoms with Gasteiger partial charge in [-0.1, -0.05) is 0 Å². The Morgan fingerprint density at radius 3 is 3.00 bits per heavy atom. The monoisotopic (exact) mass is 125 g/mol. The van der Waals surface area contributed by atoms with Crippen LogP contribution in [0.2, 0.25) is 0 Å². The van der Waals surface area contributed by atoms with E-state index in [0.29, 0.717) is 11.5 Å². The molecule has 1 radical (unpaired) electrons. The molecule has 0 aliphatic heterocycles. The highest BCUT2D eigenvalue weighted by Gasteiger charge is 2.02. The first-order chi connectivity index (χ1) is 4.34. The highest BCUT2D eigenvalue weighted by molar-refractivity contribution is 5.54. The highest BCUT2D eigenvalue weighted by atomic mass is 16.5. The van der Waals surface area contributed by atoms with Crippen LogP contribution < -0.4 is 0 Å². The van der Waals surface area contributed by atoms with Crippen LogP contribution in [-0.2, 0) is 11.2 Å². The molecule has 0 amide bonds. The lowest BCUT2D eigenvalue weighted by atomic mass is 10.3. The van der Waals surface area contributed by atoms with Gasteiger partial charge >= 0.3 is 0 Å². The van der Waals surface area contributed by atoms with Gasteiger partial charge in [0.15, 0.2) is 5.76 Å². The van der Waals surface area contributed by atoms with Crippen molar-refractivity contribution in [3.05, 3.63) is 11.5 Å². The molecule has 9 heavy (non-hydrogen) atoms.